The summed E-state index contributed by atoms with van der Waals surface area (Å²) in [7, 11) is 0. The fourth-order valence-corrected chi connectivity index (χ4v) is 1.45. The molecule has 0 aliphatic rings. The molecule has 1 aromatic carbocycles. The van der Waals surface area contributed by atoms with Gasteiger partial charge in [0.2, 0.25) is 5.95 Å². The summed E-state index contributed by atoms with van der Waals surface area (Å²) in [6.45, 7) is 0. The Kier molecular flexibility index (Phi) is 3.91. The van der Waals surface area contributed by atoms with Crippen molar-refractivity contribution < 1.29 is 14.1 Å². The normalized spacial score (nSPS) is 10.2. The molecule has 0 bridgehead atoms. The lowest BCUT2D eigenvalue weighted by Gasteiger charge is -2.07. The van der Waals surface area contributed by atoms with Crippen LogP contribution >= 0.6 is 11.6 Å². The molecule has 2 aromatic rings. The predicted octanol–water partition coefficient (Wildman–Crippen LogP) is 2.26. The van der Waals surface area contributed by atoms with E-state index in [4.69, 9.17) is 22.2 Å². The molecule has 0 aliphatic heterocycles. The Hall–Kier alpha value is -2.52. The number of halogens is 2. The van der Waals surface area contributed by atoms with E-state index in [1.807, 2.05) is 0 Å². The molecule has 0 saturated carbocycles. The van der Waals surface area contributed by atoms with Gasteiger partial charge in [0.05, 0.1) is 9.95 Å². The minimum Gasteiger partial charge on any atom is -0.434 e. The van der Waals surface area contributed by atoms with Crippen molar-refractivity contribution in [3.8, 4) is 11.6 Å². The van der Waals surface area contributed by atoms with Gasteiger partial charge in [0.15, 0.2) is 0 Å². The van der Waals surface area contributed by atoms with Gasteiger partial charge in [0, 0.05) is 6.07 Å². The second-order valence-electron chi connectivity index (χ2n) is 3.46. The Bertz CT molecular complexity index is 669. The zero-order valence-electron chi connectivity index (χ0n) is 9.71. The highest BCUT2D eigenvalue weighted by molar-refractivity contribution is 6.30. The fourth-order valence-electron chi connectivity index (χ4n) is 1.28. The number of benzene rings is 1. The van der Waals surface area contributed by atoms with Crippen LogP contribution in [-0.2, 0) is 0 Å². The molecule has 0 saturated heterocycles. The topological polar surface area (TPSA) is 116 Å². The van der Waals surface area contributed by atoms with Crippen molar-refractivity contribution in [1.29, 1.82) is 0 Å². The number of ether oxygens (including phenoxy) is 1. The molecular formula is C10H7ClFN5O3. The first-order chi connectivity index (χ1) is 9.51. The number of hydrazine groups is 1. The van der Waals surface area contributed by atoms with Crippen LogP contribution < -0.4 is 16.0 Å². The molecule has 0 spiro atoms. The summed E-state index contributed by atoms with van der Waals surface area (Å²) in [5.41, 5.74) is 1.66. The number of aromatic nitrogens is 2. The number of rotatable bonds is 4. The molecule has 0 aliphatic carbocycles. The van der Waals surface area contributed by atoms with Crippen LogP contribution in [0.1, 0.15) is 0 Å². The number of anilines is 1. The van der Waals surface area contributed by atoms with Gasteiger partial charge in [0.1, 0.15) is 17.8 Å². The van der Waals surface area contributed by atoms with Crippen molar-refractivity contribution in [2.24, 2.45) is 5.84 Å². The largest absolute Gasteiger partial charge is 0.434 e. The number of nitrogens with two attached hydrogens (primary N) is 1. The quantitative estimate of drug-likeness (QED) is 0.505. The van der Waals surface area contributed by atoms with E-state index in [2.05, 4.69) is 15.4 Å². The molecule has 104 valence electrons. The number of hydrogen-bond acceptors (Lipinski definition) is 7. The van der Waals surface area contributed by atoms with Crippen LogP contribution in [0, 0.1) is 15.9 Å². The molecule has 0 fully saturated rings. The molecule has 2 rings (SSSR count). The van der Waals surface area contributed by atoms with Crippen LogP contribution in [0.15, 0.2) is 24.4 Å². The number of nitrogens with one attached hydrogen (secondary N) is 1. The maximum Gasteiger partial charge on any atom is 0.349 e. The van der Waals surface area contributed by atoms with Crippen LogP contribution in [0.3, 0.4) is 0 Å². The van der Waals surface area contributed by atoms with Gasteiger partial charge >= 0.3 is 11.6 Å². The Morgan fingerprint density at radius 1 is 1.50 bits per heavy atom. The Balaban J connectivity index is 2.40. The van der Waals surface area contributed by atoms with E-state index in [0.29, 0.717) is 0 Å². The maximum atomic E-state index is 13.0. The Morgan fingerprint density at radius 2 is 2.25 bits per heavy atom. The minimum absolute atomic E-state index is 0.0705. The lowest BCUT2D eigenvalue weighted by molar-refractivity contribution is -0.386. The zero-order chi connectivity index (χ0) is 14.7. The summed E-state index contributed by atoms with van der Waals surface area (Å²) < 4.78 is 18.2. The number of nitro groups is 1. The minimum atomic E-state index is -0.721. The highest BCUT2D eigenvalue weighted by atomic mass is 35.5. The van der Waals surface area contributed by atoms with Crippen molar-refractivity contribution in [1.82, 2.24) is 9.97 Å². The van der Waals surface area contributed by atoms with E-state index in [-0.39, 0.29) is 22.6 Å². The number of nitrogen functional groups attached to an aromatic ring is 1. The van der Waals surface area contributed by atoms with Crippen molar-refractivity contribution >= 4 is 23.2 Å². The van der Waals surface area contributed by atoms with Crippen molar-refractivity contribution in [3.05, 3.63) is 45.4 Å². The molecule has 3 N–H and O–H groups in total. The first kappa shape index (κ1) is 13.9. The van der Waals surface area contributed by atoms with Crippen LogP contribution in [0.2, 0.25) is 5.02 Å². The molecule has 8 nitrogen and oxygen atoms in total. The third-order valence-corrected chi connectivity index (χ3v) is 2.46. The van der Waals surface area contributed by atoms with E-state index >= 15 is 0 Å². The van der Waals surface area contributed by atoms with Gasteiger partial charge in [-0.05, 0) is 12.1 Å². The molecule has 0 atom stereocenters. The lowest BCUT2D eigenvalue weighted by atomic mass is 10.3. The van der Waals surface area contributed by atoms with Gasteiger partial charge in [-0.1, -0.05) is 11.6 Å². The highest BCUT2D eigenvalue weighted by Gasteiger charge is 2.20. The highest BCUT2D eigenvalue weighted by Crippen LogP contribution is 2.31. The second kappa shape index (κ2) is 5.63. The molecule has 1 aromatic heterocycles. The number of hydrogen-bond donors (Lipinski definition) is 2. The van der Waals surface area contributed by atoms with Gasteiger partial charge in [0.25, 0.3) is 0 Å². The van der Waals surface area contributed by atoms with Crippen molar-refractivity contribution in [2.75, 3.05) is 5.43 Å². The van der Waals surface area contributed by atoms with E-state index in [1.54, 1.807) is 0 Å². The van der Waals surface area contributed by atoms with Gasteiger partial charge < -0.3 is 4.74 Å². The van der Waals surface area contributed by atoms with Gasteiger partial charge in [-0.2, -0.15) is 4.98 Å². The van der Waals surface area contributed by atoms with E-state index < -0.39 is 16.4 Å². The summed E-state index contributed by atoms with van der Waals surface area (Å²) in [5, 5.41) is 10.7. The summed E-state index contributed by atoms with van der Waals surface area (Å²) >= 11 is 5.59. The monoisotopic (exact) mass is 299 g/mol. The fraction of sp³-hybridized carbons (Fsp3) is 0. The SMILES string of the molecule is NNc1ncc([N+](=O)[O-])c(Oc2ccc(F)c(Cl)c2)n1. The molecule has 1 heterocycles. The van der Waals surface area contributed by atoms with Crippen molar-refractivity contribution in [2.45, 2.75) is 0 Å². The molecule has 0 radical (unpaired) electrons. The molecule has 20 heavy (non-hydrogen) atoms. The van der Waals surface area contributed by atoms with E-state index in [0.717, 1.165) is 18.3 Å². The van der Waals surface area contributed by atoms with Crippen LogP contribution in [0.5, 0.6) is 11.6 Å². The van der Waals surface area contributed by atoms with Crippen LogP contribution in [0.4, 0.5) is 16.0 Å². The summed E-state index contributed by atoms with van der Waals surface area (Å²) in [4.78, 5) is 17.4. The lowest BCUT2D eigenvalue weighted by Crippen LogP contribution is -2.11. The van der Waals surface area contributed by atoms with E-state index in [9.17, 15) is 14.5 Å². The molecule has 10 heteroatoms. The maximum absolute atomic E-state index is 13.0. The first-order valence-corrected chi connectivity index (χ1v) is 5.50. The van der Waals surface area contributed by atoms with E-state index in [1.165, 1.54) is 6.07 Å². The summed E-state index contributed by atoms with van der Waals surface area (Å²) in [6, 6.07) is 3.48. The van der Waals surface area contributed by atoms with Crippen molar-refractivity contribution in [3.63, 3.8) is 0 Å². The summed E-state index contributed by atoms with van der Waals surface area (Å²) in [5.74, 6) is 4.14. The first-order valence-electron chi connectivity index (χ1n) is 5.12. The van der Waals surface area contributed by atoms with Gasteiger partial charge in [-0.15, -0.1) is 0 Å². The second-order valence-corrected chi connectivity index (χ2v) is 3.87. The molecular weight excluding hydrogens is 293 g/mol. The van der Waals surface area contributed by atoms with Gasteiger partial charge in [-0.3, -0.25) is 15.5 Å². The van der Waals surface area contributed by atoms with Crippen LogP contribution in [-0.4, -0.2) is 14.9 Å². The average Bonchev–Trinajstić information content (AvgIpc) is 2.42. The standard InChI is InChI=1S/C10H7ClFN5O3/c11-6-3-5(1-2-7(6)12)20-9-8(17(18)19)4-14-10(15-9)16-13/h1-4H,13H2,(H,14,15,16). The smallest absolute Gasteiger partial charge is 0.349 e. The number of nitrogens with zero attached hydrogens (tertiary/aromatic N) is 3. The Morgan fingerprint density at radius 3 is 2.85 bits per heavy atom. The third kappa shape index (κ3) is 2.90. The third-order valence-electron chi connectivity index (χ3n) is 2.17. The predicted molar refractivity (Wildman–Crippen MR) is 68.0 cm³/mol. The van der Waals surface area contributed by atoms with Gasteiger partial charge in [-0.25, -0.2) is 15.2 Å². The Labute approximate surface area is 116 Å². The summed E-state index contributed by atoms with van der Waals surface area (Å²) in [6.07, 6.45) is 0.933. The average molecular weight is 300 g/mol. The molecule has 0 amide bonds. The molecule has 0 unspecified atom stereocenters. The van der Waals surface area contributed by atoms with Crippen LogP contribution in [0.25, 0.3) is 0 Å². The zero-order valence-corrected chi connectivity index (χ0v) is 10.5.